The summed E-state index contributed by atoms with van der Waals surface area (Å²) in [6, 6.07) is 0. The molecule has 16 nitrogen and oxygen atoms in total. The Hall–Kier alpha value is -3.79. The van der Waals surface area contributed by atoms with Crippen LogP contribution >= 0.6 is 11.6 Å². The lowest BCUT2D eigenvalue weighted by molar-refractivity contribution is -0.270. The van der Waals surface area contributed by atoms with Crippen LogP contribution in [0.3, 0.4) is 0 Å². The fourth-order valence-corrected chi connectivity index (χ4v) is 4.29. The van der Waals surface area contributed by atoms with Crippen molar-refractivity contribution in [1.29, 1.82) is 0 Å². The lowest BCUT2D eigenvalue weighted by Gasteiger charge is -2.44. The van der Waals surface area contributed by atoms with Gasteiger partial charge in [0.25, 0.3) is 0 Å². The van der Waals surface area contributed by atoms with Gasteiger partial charge in [0.15, 0.2) is 24.5 Å². The number of hydrogen-bond acceptors (Lipinski definition) is 14. The number of ether oxygens (including phenoxy) is 6. The zero-order valence-corrected chi connectivity index (χ0v) is 25.8. The second kappa shape index (κ2) is 15.6. The largest absolute Gasteiger partial charge is 0.463 e. The number of carbonyl (C=O) groups is 6. The quantitative estimate of drug-likeness (QED) is 0.179. The standard InChI is InChI=1S/C26H37ClN4O12/c1-14(32)38-13-19-22(39-15(2)33)23(40-16(3)34)24(41-17(4)35)25(42-19)31-11-18(28-29-31)10-30(20(36)8-9-27)12-21(37)43-26(5,6)7/h11,19,22-25H,8-10,12-13H2,1-7H3/t19-,22+,23+,24-,25-/m1/s1. The highest BCUT2D eigenvalue weighted by Gasteiger charge is 2.53. The maximum Gasteiger partial charge on any atom is 0.326 e. The van der Waals surface area contributed by atoms with E-state index in [4.69, 9.17) is 40.0 Å². The SMILES string of the molecule is CC(=O)OC[C@H]1O[C@@H](n2cc(CN(CC(=O)OC(C)(C)C)C(=O)CCCl)nn2)[C@H](OC(C)=O)[C@@H](OC(C)=O)[C@H]1OC(C)=O. The monoisotopic (exact) mass is 632 g/mol. The van der Waals surface area contributed by atoms with E-state index in [0.29, 0.717) is 0 Å². The molecule has 1 aromatic rings. The summed E-state index contributed by atoms with van der Waals surface area (Å²) in [6.07, 6.45) is -5.40. The number of rotatable bonds is 12. The van der Waals surface area contributed by atoms with Crippen molar-refractivity contribution in [2.75, 3.05) is 19.0 Å². The van der Waals surface area contributed by atoms with E-state index in [9.17, 15) is 28.8 Å². The molecule has 0 spiro atoms. The Morgan fingerprint density at radius 3 is 2.05 bits per heavy atom. The van der Waals surface area contributed by atoms with Crippen LogP contribution in [-0.4, -0.2) is 105 Å². The van der Waals surface area contributed by atoms with E-state index < -0.39 is 78.6 Å². The Morgan fingerprint density at radius 2 is 1.51 bits per heavy atom. The predicted molar refractivity (Wildman–Crippen MR) is 144 cm³/mol. The van der Waals surface area contributed by atoms with Gasteiger partial charge in [-0.3, -0.25) is 28.8 Å². The second-order valence-corrected chi connectivity index (χ2v) is 10.9. The first-order chi connectivity index (χ1) is 20.0. The van der Waals surface area contributed by atoms with E-state index in [0.717, 1.165) is 32.4 Å². The molecule has 2 heterocycles. The molecule has 5 atom stereocenters. The number of carbonyl (C=O) groups excluding carboxylic acids is 6. The molecule has 1 aromatic heterocycles. The van der Waals surface area contributed by atoms with E-state index in [1.54, 1.807) is 20.8 Å². The summed E-state index contributed by atoms with van der Waals surface area (Å²) in [6.45, 7) is 8.55. The van der Waals surface area contributed by atoms with Gasteiger partial charge in [0.05, 0.1) is 12.7 Å². The first-order valence-corrected chi connectivity index (χ1v) is 13.8. The minimum absolute atomic E-state index is 0.0150. The number of nitrogens with zero attached hydrogens (tertiary/aromatic N) is 4. The first-order valence-electron chi connectivity index (χ1n) is 13.3. The van der Waals surface area contributed by atoms with Crippen LogP contribution in [0.1, 0.15) is 66.8 Å². The molecule has 1 fully saturated rings. The normalized spacial score (nSPS) is 21.7. The minimum atomic E-state index is -1.41. The van der Waals surface area contributed by atoms with Gasteiger partial charge in [0, 0.05) is 40.0 Å². The molecule has 240 valence electrons. The average Bonchev–Trinajstić information content (AvgIpc) is 3.31. The smallest absolute Gasteiger partial charge is 0.326 e. The summed E-state index contributed by atoms with van der Waals surface area (Å²) in [5, 5.41) is 8.09. The van der Waals surface area contributed by atoms with Crippen LogP contribution in [-0.2, 0) is 63.7 Å². The van der Waals surface area contributed by atoms with E-state index in [1.807, 2.05) is 0 Å². The fourth-order valence-electron chi connectivity index (χ4n) is 4.13. The molecule has 0 bridgehead atoms. The lowest BCUT2D eigenvalue weighted by Crippen LogP contribution is -2.60. The summed E-state index contributed by atoms with van der Waals surface area (Å²) in [5.41, 5.74) is -0.587. The van der Waals surface area contributed by atoms with Crippen LogP contribution in [0, 0.1) is 0 Å². The van der Waals surface area contributed by atoms with Gasteiger partial charge in [-0.1, -0.05) is 5.21 Å². The number of amides is 1. The third-order valence-corrected chi connectivity index (χ3v) is 5.73. The van der Waals surface area contributed by atoms with Crippen LogP contribution in [0.15, 0.2) is 6.20 Å². The van der Waals surface area contributed by atoms with Crippen LogP contribution in [0.4, 0.5) is 0 Å². The van der Waals surface area contributed by atoms with E-state index in [-0.39, 0.29) is 31.1 Å². The Morgan fingerprint density at radius 1 is 0.930 bits per heavy atom. The number of hydrogen-bond donors (Lipinski definition) is 0. The van der Waals surface area contributed by atoms with E-state index in [1.165, 1.54) is 11.1 Å². The minimum Gasteiger partial charge on any atom is -0.463 e. The van der Waals surface area contributed by atoms with Crippen molar-refractivity contribution in [3.8, 4) is 0 Å². The van der Waals surface area contributed by atoms with Crippen molar-refractivity contribution in [2.24, 2.45) is 0 Å². The van der Waals surface area contributed by atoms with Crippen LogP contribution < -0.4 is 0 Å². The highest BCUT2D eigenvalue weighted by molar-refractivity contribution is 6.18. The highest BCUT2D eigenvalue weighted by atomic mass is 35.5. The van der Waals surface area contributed by atoms with E-state index >= 15 is 0 Å². The van der Waals surface area contributed by atoms with Crippen LogP contribution in [0.25, 0.3) is 0 Å². The molecule has 1 aliphatic rings. The molecular formula is C26H37ClN4O12. The topological polar surface area (TPSA) is 192 Å². The van der Waals surface area contributed by atoms with Crippen molar-refractivity contribution >= 4 is 47.4 Å². The maximum absolute atomic E-state index is 12.7. The third kappa shape index (κ3) is 11.4. The molecule has 1 saturated heterocycles. The molecule has 0 N–H and O–H groups in total. The van der Waals surface area contributed by atoms with Crippen LogP contribution in [0.5, 0.6) is 0 Å². The van der Waals surface area contributed by atoms with E-state index in [2.05, 4.69) is 10.3 Å². The highest BCUT2D eigenvalue weighted by Crippen LogP contribution is 2.34. The van der Waals surface area contributed by atoms with Crippen LogP contribution in [0.2, 0.25) is 0 Å². The number of esters is 5. The molecule has 0 unspecified atom stereocenters. The summed E-state index contributed by atoms with van der Waals surface area (Å²) in [5.74, 6) is -4.09. The fraction of sp³-hybridized carbons (Fsp3) is 0.692. The number of alkyl halides is 1. The molecule has 0 saturated carbocycles. The molecule has 1 aliphatic heterocycles. The van der Waals surface area contributed by atoms with Crippen molar-refractivity contribution in [2.45, 2.75) is 97.7 Å². The Labute approximate surface area is 253 Å². The molecule has 1 amide bonds. The number of aromatic nitrogens is 3. The van der Waals surface area contributed by atoms with Crippen molar-refractivity contribution in [1.82, 2.24) is 19.9 Å². The second-order valence-electron chi connectivity index (χ2n) is 10.6. The lowest BCUT2D eigenvalue weighted by atomic mass is 9.97. The maximum atomic E-state index is 12.7. The summed E-state index contributed by atoms with van der Waals surface area (Å²) >= 11 is 5.75. The van der Waals surface area contributed by atoms with Crippen molar-refractivity contribution in [3.05, 3.63) is 11.9 Å². The van der Waals surface area contributed by atoms with Gasteiger partial charge in [-0.2, -0.15) is 0 Å². The molecule has 17 heteroatoms. The molecule has 2 rings (SSSR count). The molecule has 0 radical (unpaired) electrons. The average molecular weight is 633 g/mol. The number of halogens is 1. The van der Waals surface area contributed by atoms with Gasteiger partial charge in [-0.05, 0) is 20.8 Å². The first kappa shape index (κ1) is 35.4. The summed E-state index contributed by atoms with van der Waals surface area (Å²) < 4.78 is 33.8. The Kier molecular flexibility index (Phi) is 12.9. The predicted octanol–water partition coefficient (Wildman–Crippen LogP) is 0.833. The van der Waals surface area contributed by atoms with Gasteiger partial charge in [0.1, 0.15) is 30.6 Å². The third-order valence-electron chi connectivity index (χ3n) is 5.54. The van der Waals surface area contributed by atoms with Gasteiger partial charge in [0.2, 0.25) is 5.91 Å². The molecule has 0 aliphatic carbocycles. The van der Waals surface area contributed by atoms with Gasteiger partial charge >= 0.3 is 29.8 Å². The Bertz CT molecular complexity index is 1180. The summed E-state index contributed by atoms with van der Waals surface area (Å²) in [4.78, 5) is 74.0. The van der Waals surface area contributed by atoms with Crippen molar-refractivity contribution in [3.63, 3.8) is 0 Å². The van der Waals surface area contributed by atoms with Gasteiger partial charge in [-0.25, -0.2) is 4.68 Å². The summed E-state index contributed by atoms with van der Waals surface area (Å²) in [7, 11) is 0. The zero-order valence-electron chi connectivity index (χ0n) is 25.1. The Balaban J connectivity index is 2.47. The van der Waals surface area contributed by atoms with Gasteiger partial charge < -0.3 is 33.3 Å². The van der Waals surface area contributed by atoms with Crippen molar-refractivity contribution < 1.29 is 57.2 Å². The van der Waals surface area contributed by atoms with Gasteiger partial charge in [-0.15, -0.1) is 16.7 Å². The molecule has 43 heavy (non-hydrogen) atoms. The molecule has 0 aromatic carbocycles. The molecular weight excluding hydrogens is 596 g/mol. The zero-order chi connectivity index (χ0) is 32.5.